The number of rotatable bonds is 1. The van der Waals surface area contributed by atoms with Gasteiger partial charge in [0, 0.05) is 15.4 Å². The van der Waals surface area contributed by atoms with Crippen molar-refractivity contribution in [2.45, 2.75) is 0 Å². The number of hydrogen-bond donors (Lipinski definition) is 1. The Balaban J connectivity index is 2.53. The van der Waals surface area contributed by atoms with Crippen LogP contribution in [0.5, 0.6) is 0 Å². The Bertz CT molecular complexity index is 467. The van der Waals surface area contributed by atoms with Crippen molar-refractivity contribution in [3.05, 3.63) is 39.2 Å². The van der Waals surface area contributed by atoms with E-state index in [1.807, 2.05) is 16.8 Å². The van der Waals surface area contributed by atoms with E-state index in [4.69, 9.17) is 5.73 Å². The van der Waals surface area contributed by atoms with E-state index in [9.17, 15) is 4.39 Å². The van der Waals surface area contributed by atoms with Gasteiger partial charge in [0.15, 0.2) is 0 Å². The summed E-state index contributed by atoms with van der Waals surface area (Å²) in [5.74, 6) is -0.374. The maximum atomic E-state index is 13.2. The number of nitrogen functional groups attached to an aromatic ring is 1. The molecule has 0 aliphatic rings. The molecule has 0 amide bonds. The lowest BCUT2D eigenvalue weighted by atomic mass is 10.1. The molecular weight excluding hydrogens is 265 g/mol. The summed E-state index contributed by atoms with van der Waals surface area (Å²) in [7, 11) is 0. The molecule has 0 bridgehead atoms. The zero-order valence-electron chi connectivity index (χ0n) is 7.13. The minimum Gasteiger partial charge on any atom is -0.396 e. The second-order valence-corrected chi connectivity index (χ2v) is 4.47. The third-order valence-electron chi connectivity index (χ3n) is 1.93. The lowest BCUT2D eigenvalue weighted by Crippen LogP contribution is -1.89. The molecule has 0 unspecified atom stereocenters. The molecule has 0 fully saturated rings. The lowest BCUT2D eigenvalue weighted by molar-refractivity contribution is 0.633. The van der Waals surface area contributed by atoms with E-state index in [0.29, 0.717) is 0 Å². The molecule has 2 N–H and O–H groups in total. The molecular formula is C10H7BrFNS. The molecule has 1 aromatic carbocycles. The normalized spacial score (nSPS) is 10.4. The summed E-state index contributed by atoms with van der Waals surface area (Å²) in [5, 5.41) is 3.93. The first-order valence-electron chi connectivity index (χ1n) is 3.95. The summed E-state index contributed by atoms with van der Waals surface area (Å²) in [6.45, 7) is 0. The molecule has 0 aliphatic carbocycles. The van der Waals surface area contributed by atoms with E-state index in [1.54, 1.807) is 17.4 Å². The van der Waals surface area contributed by atoms with Gasteiger partial charge in [-0.1, -0.05) is 6.07 Å². The topological polar surface area (TPSA) is 26.0 Å². The van der Waals surface area contributed by atoms with Crippen molar-refractivity contribution in [2.75, 3.05) is 5.73 Å². The van der Waals surface area contributed by atoms with Gasteiger partial charge in [0.2, 0.25) is 0 Å². The first-order valence-corrected chi connectivity index (χ1v) is 5.69. The van der Waals surface area contributed by atoms with Crippen LogP contribution in [-0.2, 0) is 0 Å². The Kier molecular flexibility index (Phi) is 2.56. The van der Waals surface area contributed by atoms with Crippen LogP contribution in [0.2, 0.25) is 0 Å². The minimum atomic E-state index is -0.374. The fraction of sp³-hybridized carbons (Fsp3) is 0. The smallest absolute Gasteiger partial charge is 0.146 e. The highest BCUT2D eigenvalue weighted by Crippen LogP contribution is 2.32. The Morgan fingerprint density at radius 1 is 1.29 bits per heavy atom. The van der Waals surface area contributed by atoms with Gasteiger partial charge >= 0.3 is 0 Å². The third kappa shape index (κ3) is 1.67. The van der Waals surface area contributed by atoms with E-state index in [-0.39, 0.29) is 11.5 Å². The second kappa shape index (κ2) is 3.71. The average molecular weight is 272 g/mol. The molecule has 2 rings (SSSR count). The second-order valence-electron chi connectivity index (χ2n) is 2.87. The summed E-state index contributed by atoms with van der Waals surface area (Å²) in [5.41, 5.74) is 7.41. The van der Waals surface area contributed by atoms with Crippen molar-refractivity contribution in [1.29, 1.82) is 0 Å². The van der Waals surface area contributed by atoms with E-state index >= 15 is 0 Å². The van der Waals surface area contributed by atoms with Crippen LogP contribution >= 0.6 is 27.3 Å². The SMILES string of the molecule is Nc1ccc(-c2cscc2Br)cc1F. The molecule has 2 aromatic rings. The molecule has 0 spiro atoms. The number of thiophene rings is 1. The van der Waals surface area contributed by atoms with Crippen LogP contribution in [0.3, 0.4) is 0 Å². The summed E-state index contributed by atoms with van der Waals surface area (Å²) in [6.07, 6.45) is 0. The fourth-order valence-electron chi connectivity index (χ4n) is 1.18. The predicted molar refractivity (Wildman–Crippen MR) is 61.8 cm³/mol. The molecule has 72 valence electrons. The molecule has 0 radical (unpaired) electrons. The van der Waals surface area contributed by atoms with Crippen LogP contribution in [0.25, 0.3) is 11.1 Å². The summed E-state index contributed by atoms with van der Waals surface area (Å²) in [6, 6.07) is 4.84. The van der Waals surface area contributed by atoms with Crippen molar-refractivity contribution in [1.82, 2.24) is 0 Å². The molecule has 0 saturated carbocycles. The van der Waals surface area contributed by atoms with E-state index < -0.39 is 0 Å². The molecule has 0 aliphatic heterocycles. The highest BCUT2D eigenvalue weighted by molar-refractivity contribution is 9.10. The van der Waals surface area contributed by atoms with Crippen molar-refractivity contribution in [3.63, 3.8) is 0 Å². The van der Waals surface area contributed by atoms with Gasteiger partial charge in [-0.3, -0.25) is 0 Å². The first-order chi connectivity index (χ1) is 6.68. The third-order valence-corrected chi connectivity index (χ3v) is 3.63. The molecule has 1 heterocycles. The zero-order valence-corrected chi connectivity index (χ0v) is 9.53. The van der Waals surface area contributed by atoms with Gasteiger partial charge in [0.05, 0.1) is 5.69 Å². The van der Waals surface area contributed by atoms with Gasteiger partial charge in [0.1, 0.15) is 5.82 Å². The van der Waals surface area contributed by atoms with E-state index in [0.717, 1.165) is 15.6 Å². The summed E-state index contributed by atoms with van der Waals surface area (Å²) >= 11 is 4.97. The Morgan fingerprint density at radius 3 is 2.64 bits per heavy atom. The van der Waals surface area contributed by atoms with Crippen molar-refractivity contribution in [2.24, 2.45) is 0 Å². The van der Waals surface area contributed by atoms with Crippen molar-refractivity contribution >= 4 is 33.0 Å². The van der Waals surface area contributed by atoms with Gasteiger partial charge in [-0.05, 0) is 39.0 Å². The van der Waals surface area contributed by atoms with Crippen LogP contribution < -0.4 is 5.73 Å². The van der Waals surface area contributed by atoms with Gasteiger partial charge in [-0.25, -0.2) is 4.39 Å². The molecule has 1 aromatic heterocycles. The molecule has 1 nitrogen and oxygen atoms in total. The van der Waals surface area contributed by atoms with Crippen molar-refractivity contribution < 1.29 is 4.39 Å². The molecule has 0 saturated heterocycles. The minimum absolute atomic E-state index is 0.181. The maximum absolute atomic E-state index is 13.2. The molecule has 14 heavy (non-hydrogen) atoms. The summed E-state index contributed by atoms with van der Waals surface area (Å²) < 4.78 is 14.1. The maximum Gasteiger partial charge on any atom is 0.146 e. The standard InChI is InChI=1S/C10H7BrFNS/c11-8-5-14-4-7(8)6-1-2-10(13)9(12)3-6/h1-5H,13H2. The van der Waals surface area contributed by atoms with Crippen LogP contribution in [-0.4, -0.2) is 0 Å². The number of anilines is 1. The highest BCUT2D eigenvalue weighted by Gasteiger charge is 2.06. The lowest BCUT2D eigenvalue weighted by Gasteiger charge is -2.01. The number of halogens is 2. The van der Waals surface area contributed by atoms with Gasteiger partial charge in [0.25, 0.3) is 0 Å². The van der Waals surface area contributed by atoms with Crippen molar-refractivity contribution in [3.8, 4) is 11.1 Å². The number of hydrogen-bond acceptors (Lipinski definition) is 2. The van der Waals surface area contributed by atoms with Crippen LogP contribution in [0.15, 0.2) is 33.4 Å². The van der Waals surface area contributed by atoms with Gasteiger partial charge in [-0.2, -0.15) is 11.3 Å². The number of benzene rings is 1. The average Bonchev–Trinajstić information content (AvgIpc) is 2.57. The first kappa shape index (κ1) is 9.68. The van der Waals surface area contributed by atoms with Crippen LogP contribution in [0, 0.1) is 5.82 Å². The Hall–Kier alpha value is -0.870. The molecule has 4 heteroatoms. The van der Waals surface area contributed by atoms with E-state index in [2.05, 4.69) is 15.9 Å². The van der Waals surface area contributed by atoms with Gasteiger partial charge in [-0.15, -0.1) is 0 Å². The van der Waals surface area contributed by atoms with Crippen LogP contribution in [0.1, 0.15) is 0 Å². The Labute approximate surface area is 93.5 Å². The monoisotopic (exact) mass is 271 g/mol. The predicted octanol–water partition coefficient (Wildman–Crippen LogP) is 3.90. The van der Waals surface area contributed by atoms with Crippen LogP contribution in [0.4, 0.5) is 10.1 Å². The summed E-state index contributed by atoms with van der Waals surface area (Å²) in [4.78, 5) is 0. The quantitative estimate of drug-likeness (QED) is 0.783. The van der Waals surface area contributed by atoms with E-state index in [1.165, 1.54) is 6.07 Å². The zero-order chi connectivity index (χ0) is 10.1. The van der Waals surface area contributed by atoms with Gasteiger partial charge < -0.3 is 5.73 Å². The molecule has 0 atom stereocenters. The number of nitrogens with two attached hydrogens (primary N) is 1. The Morgan fingerprint density at radius 2 is 2.07 bits per heavy atom. The highest BCUT2D eigenvalue weighted by atomic mass is 79.9. The largest absolute Gasteiger partial charge is 0.396 e. The fourth-order valence-corrected chi connectivity index (χ4v) is 2.71.